The van der Waals surface area contributed by atoms with E-state index in [0.717, 1.165) is 0 Å². The Kier molecular flexibility index (Phi) is 5.85. The number of carboxylic acid groups (broad SMARTS) is 1. The molecule has 0 radical (unpaired) electrons. The maximum Gasteiger partial charge on any atom is 0.303 e. The van der Waals surface area contributed by atoms with Gasteiger partial charge in [-0.2, -0.15) is 0 Å². The number of rotatable bonds is 8. The predicted octanol–water partition coefficient (Wildman–Crippen LogP) is -0.275. The third kappa shape index (κ3) is 5.09. The van der Waals surface area contributed by atoms with Crippen molar-refractivity contribution in [2.24, 2.45) is 0 Å². The minimum atomic E-state index is -3.88. The molecule has 0 saturated heterocycles. The van der Waals surface area contributed by atoms with Gasteiger partial charge in [-0.1, -0.05) is 12.1 Å². The van der Waals surface area contributed by atoms with E-state index in [-0.39, 0.29) is 11.3 Å². The molecule has 1 aromatic rings. The zero-order chi connectivity index (χ0) is 16.1. The van der Waals surface area contributed by atoms with Crippen LogP contribution in [0.2, 0.25) is 0 Å². The second-order valence-corrected chi connectivity index (χ2v) is 6.70. The number of aliphatic carboxylic acids is 1. The Morgan fingerprint density at radius 1 is 1.19 bits per heavy atom. The molecule has 0 aliphatic carbocycles. The quantitative estimate of drug-likeness (QED) is 0.523. The molecule has 1 aromatic carbocycles. The van der Waals surface area contributed by atoms with E-state index in [4.69, 9.17) is 15.3 Å². The van der Waals surface area contributed by atoms with Crippen molar-refractivity contribution < 1.29 is 28.5 Å². The van der Waals surface area contributed by atoms with Crippen LogP contribution in [0.5, 0.6) is 0 Å². The number of hydrogen-bond acceptors (Lipinski definition) is 5. The normalized spacial score (nSPS) is 12.3. The molecule has 0 aliphatic rings. The zero-order valence-corrected chi connectivity index (χ0v) is 12.4. The van der Waals surface area contributed by atoms with Gasteiger partial charge in [0.05, 0.1) is 23.6 Å². The van der Waals surface area contributed by atoms with Crippen molar-refractivity contribution in [3.8, 4) is 0 Å². The number of sulfonamides is 1. The average molecular weight is 317 g/mol. The molecular formula is C13H19NO6S. The molecule has 1 rings (SSSR count). The Hall–Kier alpha value is -1.48. The third-order valence-corrected chi connectivity index (χ3v) is 4.59. The van der Waals surface area contributed by atoms with Crippen molar-refractivity contribution in [2.45, 2.75) is 30.2 Å². The van der Waals surface area contributed by atoms with Crippen LogP contribution >= 0.6 is 0 Å². The monoisotopic (exact) mass is 317 g/mol. The van der Waals surface area contributed by atoms with Crippen molar-refractivity contribution in [2.75, 3.05) is 13.2 Å². The molecule has 0 fully saturated rings. The first kappa shape index (κ1) is 17.6. The Balaban J connectivity index is 2.87. The molecule has 0 heterocycles. The Morgan fingerprint density at radius 2 is 1.71 bits per heavy atom. The smallest absolute Gasteiger partial charge is 0.303 e. The number of nitrogens with one attached hydrogen (secondary N) is 1. The van der Waals surface area contributed by atoms with E-state index in [0.29, 0.717) is 12.0 Å². The molecule has 4 N–H and O–H groups in total. The van der Waals surface area contributed by atoms with Gasteiger partial charge in [0.2, 0.25) is 10.0 Å². The summed E-state index contributed by atoms with van der Waals surface area (Å²) < 4.78 is 26.5. The Morgan fingerprint density at radius 3 is 2.14 bits per heavy atom. The van der Waals surface area contributed by atoms with Crippen LogP contribution in [0.3, 0.4) is 0 Å². The van der Waals surface area contributed by atoms with Gasteiger partial charge in [0.1, 0.15) is 0 Å². The highest BCUT2D eigenvalue weighted by molar-refractivity contribution is 7.89. The van der Waals surface area contributed by atoms with E-state index in [1.54, 1.807) is 0 Å². The fraction of sp³-hybridized carbons (Fsp3) is 0.462. The van der Waals surface area contributed by atoms with Crippen LogP contribution in [0, 0.1) is 0 Å². The predicted molar refractivity (Wildman–Crippen MR) is 75.3 cm³/mol. The minimum Gasteiger partial charge on any atom is -0.481 e. The lowest BCUT2D eigenvalue weighted by Crippen LogP contribution is -2.51. The average Bonchev–Trinajstić information content (AvgIpc) is 2.45. The number of carboxylic acids is 1. The minimum absolute atomic E-state index is 0.0188. The van der Waals surface area contributed by atoms with Gasteiger partial charge >= 0.3 is 5.97 Å². The van der Waals surface area contributed by atoms with Crippen LogP contribution in [0.15, 0.2) is 29.2 Å². The summed E-state index contributed by atoms with van der Waals surface area (Å²) in [6.45, 7) is 0.296. The number of aliphatic hydroxyl groups excluding tert-OH is 2. The fourth-order valence-electron chi connectivity index (χ4n) is 1.58. The second-order valence-electron chi connectivity index (χ2n) is 5.02. The lowest BCUT2D eigenvalue weighted by Gasteiger charge is -2.25. The molecule has 0 saturated carbocycles. The Labute approximate surface area is 123 Å². The molecule has 0 spiro atoms. The van der Waals surface area contributed by atoms with E-state index in [9.17, 15) is 13.2 Å². The summed E-state index contributed by atoms with van der Waals surface area (Å²) in [5.41, 5.74) is -0.635. The van der Waals surface area contributed by atoms with Crippen LogP contribution in [-0.2, 0) is 21.2 Å². The first-order chi connectivity index (χ1) is 9.72. The first-order valence-electron chi connectivity index (χ1n) is 6.29. The van der Waals surface area contributed by atoms with Crippen molar-refractivity contribution >= 4 is 16.0 Å². The van der Waals surface area contributed by atoms with Gasteiger partial charge in [0.25, 0.3) is 0 Å². The zero-order valence-electron chi connectivity index (χ0n) is 11.6. The van der Waals surface area contributed by atoms with E-state index < -0.39 is 34.7 Å². The first-order valence-corrected chi connectivity index (χ1v) is 7.77. The SMILES string of the molecule is CC(CO)(CO)NS(=O)(=O)c1ccc(CCC(=O)O)cc1. The molecule has 0 atom stereocenters. The highest BCUT2D eigenvalue weighted by Gasteiger charge is 2.29. The molecule has 21 heavy (non-hydrogen) atoms. The summed E-state index contributed by atoms with van der Waals surface area (Å²) in [7, 11) is -3.88. The summed E-state index contributed by atoms with van der Waals surface area (Å²) >= 11 is 0. The van der Waals surface area contributed by atoms with Crippen LogP contribution in [-0.4, -0.2) is 48.5 Å². The number of hydrogen-bond donors (Lipinski definition) is 4. The number of benzene rings is 1. The molecular weight excluding hydrogens is 298 g/mol. The molecule has 7 nitrogen and oxygen atoms in total. The molecule has 118 valence electrons. The standard InChI is InChI=1S/C13H19NO6S/c1-13(8-15,9-16)14-21(19,20)11-5-2-10(3-6-11)4-7-12(17)18/h2-3,5-6,14-16H,4,7-9H2,1H3,(H,17,18). The van der Waals surface area contributed by atoms with Crippen LogP contribution in [0.25, 0.3) is 0 Å². The van der Waals surface area contributed by atoms with Gasteiger partial charge in [-0.15, -0.1) is 0 Å². The lowest BCUT2D eigenvalue weighted by molar-refractivity contribution is -0.136. The number of aryl methyl sites for hydroxylation is 1. The van der Waals surface area contributed by atoms with E-state index in [1.165, 1.54) is 31.2 Å². The molecule has 0 aromatic heterocycles. The van der Waals surface area contributed by atoms with Gasteiger partial charge in [0, 0.05) is 6.42 Å². The van der Waals surface area contributed by atoms with Crippen molar-refractivity contribution in [3.63, 3.8) is 0 Å². The molecule has 8 heteroatoms. The van der Waals surface area contributed by atoms with Gasteiger partial charge in [-0.05, 0) is 31.0 Å². The number of aliphatic hydroxyl groups is 2. The summed E-state index contributed by atoms with van der Waals surface area (Å²) in [6, 6.07) is 5.78. The van der Waals surface area contributed by atoms with E-state index in [1.807, 2.05) is 0 Å². The van der Waals surface area contributed by atoms with Crippen molar-refractivity contribution in [1.82, 2.24) is 4.72 Å². The molecule has 0 bridgehead atoms. The van der Waals surface area contributed by atoms with Crippen molar-refractivity contribution in [3.05, 3.63) is 29.8 Å². The molecule has 0 unspecified atom stereocenters. The summed E-state index contributed by atoms with van der Waals surface area (Å²) in [5, 5.41) is 26.8. The maximum atomic E-state index is 12.1. The highest BCUT2D eigenvalue weighted by Crippen LogP contribution is 2.15. The van der Waals surface area contributed by atoms with Gasteiger partial charge in [-0.3, -0.25) is 4.79 Å². The molecule has 0 aliphatic heterocycles. The second kappa shape index (κ2) is 6.99. The van der Waals surface area contributed by atoms with E-state index >= 15 is 0 Å². The van der Waals surface area contributed by atoms with Crippen LogP contribution < -0.4 is 4.72 Å². The number of carbonyl (C=O) groups is 1. The Bertz CT molecular complexity index is 577. The van der Waals surface area contributed by atoms with Gasteiger partial charge in [0.15, 0.2) is 0 Å². The third-order valence-electron chi connectivity index (χ3n) is 2.94. The maximum absolute atomic E-state index is 12.1. The summed E-state index contributed by atoms with van der Waals surface area (Å²) in [6.07, 6.45) is 0.283. The highest BCUT2D eigenvalue weighted by atomic mass is 32.2. The van der Waals surface area contributed by atoms with Crippen LogP contribution in [0.4, 0.5) is 0 Å². The molecule has 0 amide bonds. The van der Waals surface area contributed by atoms with E-state index in [2.05, 4.69) is 4.72 Å². The van der Waals surface area contributed by atoms with Crippen molar-refractivity contribution in [1.29, 1.82) is 0 Å². The largest absolute Gasteiger partial charge is 0.481 e. The van der Waals surface area contributed by atoms with Gasteiger partial charge < -0.3 is 15.3 Å². The van der Waals surface area contributed by atoms with Crippen LogP contribution in [0.1, 0.15) is 18.9 Å². The van der Waals surface area contributed by atoms with Gasteiger partial charge in [-0.25, -0.2) is 13.1 Å². The summed E-state index contributed by atoms with van der Waals surface area (Å²) in [5.74, 6) is -0.921. The fourth-order valence-corrected chi connectivity index (χ4v) is 2.97. The summed E-state index contributed by atoms with van der Waals surface area (Å²) in [4.78, 5) is 10.4. The lowest BCUT2D eigenvalue weighted by atomic mass is 10.1. The topological polar surface area (TPSA) is 124 Å².